The first-order valence-electron chi connectivity index (χ1n) is 6.94. The number of nitriles is 1. The molecule has 1 aliphatic rings. The Morgan fingerprint density at radius 2 is 2.18 bits per heavy atom. The number of ether oxygens (including phenoxy) is 1. The van der Waals surface area contributed by atoms with Crippen LogP contribution in [0.5, 0.6) is 5.88 Å². The number of methoxy groups -OCH3 is 1. The monoisotopic (exact) mass is 324 g/mol. The Morgan fingerprint density at radius 1 is 1.50 bits per heavy atom. The fraction of sp³-hybridized carbons (Fsp3) is 0.571. The van der Waals surface area contributed by atoms with Crippen LogP contribution >= 0.6 is 0 Å². The number of nitrogens with one attached hydrogen (secondary N) is 1. The first kappa shape index (κ1) is 16.7. The molecule has 7 nitrogen and oxygen atoms in total. The molecule has 1 aliphatic heterocycles. The Bertz CT molecular complexity index is 676. The molecule has 2 rings (SSSR count). The number of hydrogen-bond acceptors (Lipinski definition) is 5. The highest BCUT2D eigenvalue weighted by molar-refractivity contribution is 7.87. The molecule has 0 unspecified atom stereocenters. The maximum absolute atomic E-state index is 12.1. The number of pyridine rings is 1. The molecule has 1 saturated heterocycles. The van der Waals surface area contributed by atoms with Gasteiger partial charge < -0.3 is 4.74 Å². The number of nitrogens with zero attached hydrogens (tertiary/aromatic N) is 3. The van der Waals surface area contributed by atoms with Crippen LogP contribution in [-0.2, 0) is 15.6 Å². The van der Waals surface area contributed by atoms with Crippen molar-refractivity contribution < 1.29 is 13.2 Å². The second-order valence-electron chi connectivity index (χ2n) is 5.92. The summed E-state index contributed by atoms with van der Waals surface area (Å²) in [5.41, 5.74) is 0.259. The molecule has 2 heterocycles. The van der Waals surface area contributed by atoms with Crippen molar-refractivity contribution in [3.8, 4) is 11.9 Å². The zero-order chi connectivity index (χ0) is 16.4. The summed E-state index contributed by atoms with van der Waals surface area (Å²) in [5.74, 6) is 0.290. The second-order valence-corrected chi connectivity index (χ2v) is 7.67. The summed E-state index contributed by atoms with van der Waals surface area (Å²) in [4.78, 5) is 4.35. The molecule has 0 radical (unpaired) electrons. The summed E-state index contributed by atoms with van der Waals surface area (Å²) >= 11 is 0. The second kappa shape index (κ2) is 6.20. The van der Waals surface area contributed by atoms with Crippen molar-refractivity contribution in [1.29, 1.82) is 5.26 Å². The van der Waals surface area contributed by atoms with E-state index in [0.29, 0.717) is 5.88 Å². The molecule has 0 aliphatic carbocycles. The molecule has 120 valence electrons. The summed E-state index contributed by atoms with van der Waals surface area (Å²) in [5, 5.41) is 8.71. The van der Waals surface area contributed by atoms with Crippen LogP contribution < -0.4 is 9.46 Å². The highest BCUT2D eigenvalue weighted by atomic mass is 32.2. The number of aromatic nitrogens is 1. The lowest BCUT2D eigenvalue weighted by atomic mass is 9.89. The topological polar surface area (TPSA) is 95.3 Å². The van der Waals surface area contributed by atoms with Crippen LogP contribution in [0.1, 0.15) is 19.5 Å². The Balaban J connectivity index is 2.01. The first-order valence-corrected chi connectivity index (χ1v) is 8.38. The van der Waals surface area contributed by atoms with Gasteiger partial charge in [0.25, 0.3) is 10.2 Å². The van der Waals surface area contributed by atoms with Crippen molar-refractivity contribution in [2.45, 2.75) is 19.3 Å². The number of rotatable bonds is 6. The van der Waals surface area contributed by atoms with Crippen molar-refractivity contribution in [1.82, 2.24) is 14.0 Å². The standard InChI is InChI=1S/C14H20N4O3S/c1-14(2,12-5-4-6-13(17-12)21-3)10-16-22(19,20)18-8-11(7-15)9-18/h4-6,11,16H,8-10H2,1-3H3. The molecule has 8 heteroatoms. The maximum Gasteiger partial charge on any atom is 0.279 e. The highest BCUT2D eigenvalue weighted by Crippen LogP contribution is 2.24. The lowest BCUT2D eigenvalue weighted by Crippen LogP contribution is -2.54. The van der Waals surface area contributed by atoms with E-state index in [1.54, 1.807) is 6.07 Å². The van der Waals surface area contributed by atoms with Crippen LogP contribution in [-0.4, -0.2) is 44.5 Å². The predicted molar refractivity (Wildman–Crippen MR) is 81.4 cm³/mol. The number of hydrogen-bond donors (Lipinski definition) is 1. The third-order valence-electron chi connectivity index (χ3n) is 3.69. The van der Waals surface area contributed by atoms with Gasteiger partial charge in [-0.05, 0) is 6.07 Å². The molecule has 22 heavy (non-hydrogen) atoms. The zero-order valence-electron chi connectivity index (χ0n) is 12.9. The molecule has 0 aromatic carbocycles. The molecule has 0 spiro atoms. The van der Waals surface area contributed by atoms with Crippen molar-refractivity contribution in [3.05, 3.63) is 23.9 Å². The van der Waals surface area contributed by atoms with Gasteiger partial charge in [0, 0.05) is 31.1 Å². The molecular formula is C14H20N4O3S. The van der Waals surface area contributed by atoms with E-state index >= 15 is 0 Å². The molecule has 1 aromatic rings. The van der Waals surface area contributed by atoms with Crippen LogP contribution in [0.2, 0.25) is 0 Å². The average molecular weight is 324 g/mol. The van der Waals surface area contributed by atoms with Crippen LogP contribution in [0, 0.1) is 17.2 Å². The highest BCUT2D eigenvalue weighted by Gasteiger charge is 2.36. The molecule has 0 atom stereocenters. The normalized spacial score (nSPS) is 16.8. The van der Waals surface area contributed by atoms with E-state index < -0.39 is 15.6 Å². The van der Waals surface area contributed by atoms with Crippen LogP contribution in [0.15, 0.2) is 18.2 Å². The van der Waals surface area contributed by atoms with E-state index in [-0.39, 0.29) is 25.6 Å². The molecule has 1 N–H and O–H groups in total. The van der Waals surface area contributed by atoms with E-state index in [2.05, 4.69) is 15.8 Å². The van der Waals surface area contributed by atoms with Gasteiger partial charge in [-0.1, -0.05) is 19.9 Å². The van der Waals surface area contributed by atoms with Gasteiger partial charge >= 0.3 is 0 Å². The Morgan fingerprint density at radius 3 is 2.77 bits per heavy atom. The van der Waals surface area contributed by atoms with Gasteiger partial charge in [-0.15, -0.1) is 0 Å². The Labute approximate surface area is 131 Å². The fourth-order valence-electron chi connectivity index (χ4n) is 2.07. The lowest BCUT2D eigenvalue weighted by Gasteiger charge is -2.35. The SMILES string of the molecule is COc1cccc(C(C)(C)CNS(=O)(=O)N2CC(C#N)C2)n1. The van der Waals surface area contributed by atoms with Gasteiger partial charge in [-0.25, -0.2) is 9.71 Å². The summed E-state index contributed by atoms with van der Waals surface area (Å²) < 4.78 is 33.2. The first-order chi connectivity index (χ1) is 10.3. The molecule has 1 fully saturated rings. The smallest absolute Gasteiger partial charge is 0.279 e. The Kier molecular flexibility index (Phi) is 4.70. The molecule has 0 amide bonds. The van der Waals surface area contributed by atoms with E-state index in [4.69, 9.17) is 10.00 Å². The summed E-state index contributed by atoms with van der Waals surface area (Å²) in [6.45, 7) is 4.54. The molecule has 1 aromatic heterocycles. The van der Waals surface area contributed by atoms with Crippen molar-refractivity contribution in [2.75, 3.05) is 26.7 Å². The van der Waals surface area contributed by atoms with Gasteiger partial charge in [-0.3, -0.25) is 0 Å². The van der Waals surface area contributed by atoms with E-state index in [9.17, 15) is 8.42 Å². The molecular weight excluding hydrogens is 304 g/mol. The van der Waals surface area contributed by atoms with Crippen molar-refractivity contribution in [3.63, 3.8) is 0 Å². The quantitative estimate of drug-likeness (QED) is 0.829. The lowest BCUT2D eigenvalue weighted by molar-refractivity contribution is 0.244. The zero-order valence-corrected chi connectivity index (χ0v) is 13.7. The van der Waals surface area contributed by atoms with Crippen molar-refractivity contribution in [2.24, 2.45) is 5.92 Å². The summed E-state index contributed by atoms with van der Waals surface area (Å²) in [6.07, 6.45) is 0. The largest absolute Gasteiger partial charge is 0.481 e. The minimum atomic E-state index is -3.55. The minimum absolute atomic E-state index is 0.204. The van der Waals surface area contributed by atoms with Gasteiger partial charge in [-0.2, -0.15) is 18.0 Å². The van der Waals surface area contributed by atoms with E-state index in [1.165, 1.54) is 11.4 Å². The third kappa shape index (κ3) is 3.55. The summed E-state index contributed by atoms with van der Waals surface area (Å²) in [7, 11) is -2.01. The van der Waals surface area contributed by atoms with Gasteiger partial charge in [0.05, 0.1) is 24.8 Å². The van der Waals surface area contributed by atoms with Crippen LogP contribution in [0.3, 0.4) is 0 Å². The maximum atomic E-state index is 12.1. The van der Waals surface area contributed by atoms with Crippen LogP contribution in [0.25, 0.3) is 0 Å². The molecule has 0 bridgehead atoms. The van der Waals surface area contributed by atoms with Gasteiger partial charge in [0.2, 0.25) is 5.88 Å². The van der Waals surface area contributed by atoms with Gasteiger partial charge in [0.15, 0.2) is 0 Å². The molecule has 0 saturated carbocycles. The van der Waals surface area contributed by atoms with Gasteiger partial charge in [0.1, 0.15) is 0 Å². The summed E-state index contributed by atoms with van der Waals surface area (Å²) in [6, 6.07) is 7.46. The third-order valence-corrected chi connectivity index (χ3v) is 5.18. The Hall–Kier alpha value is -1.69. The van der Waals surface area contributed by atoms with E-state index in [1.807, 2.05) is 26.0 Å². The minimum Gasteiger partial charge on any atom is -0.481 e. The van der Waals surface area contributed by atoms with Crippen LogP contribution in [0.4, 0.5) is 0 Å². The van der Waals surface area contributed by atoms with E-state index in [0.717, 1.165) is 5.69 Å². The fourth-order valence-corrected chi connectivity index (χ4v) is 3.55. The predicted octanol–water partition coefficient (Wildman–Crippen LogP) is 0.658. The van der Waals surface area contributed by atoms with Crippen molar-refractivity contribution >= 4 is 10.2 Å². The average Bonchev–Trinajstić information content (AvgIpc) is 2.44.